The van der Waals surface area contributed by atoms with E-state index in [0.29, 0.717) is 16.9 Å². The molecule has 10 nitrogen and oxygen atoms in total. The first-order valence-corrected chi connectivity index (χ1v) is 16.4. The zero-order valence-electron chi connectivity index (χ0n) is 26.0. The van der Waals surface area contributed by atoms with Crippen LogP contribution in [0.3, 0.4) is 0 Å². The lowest BCUT2D eigenvalue weighted by molar-refractivity contribution is 0.0610. The Kier molecular flexibility index (Phi) is 8.23. The second-order valence-corrected chi connectivity index (χ2v) is 12.9. The number of nitrogens with one attached hydrogen (secondary N) is 1. The topological polar surface area (TPSA) is 111 Å². The quantitative estimate of drug-likeness (QED) is 0.224. The molecule has 1 atom stereocenters. The average molecular weight is 694 g/mol. The molecule has 0 unspecified atom stereocenters. The van der Waals surface area contributed by atoms with Crippen molar-refractivity contribution in [3.63, 3.8) is 0 Å². The number of halogens is 1. The molecule has 1 fully saturated rings. The molecule has 1 aliphatic carbocycles. The highest BCUT2D eigenvalue weighted by atomic mass is 79.9. The molecule has 47 heavy (non-hydrogen) atoms. The summed E-state index contributed by atoms with van der Waals surface area (Å²) in [5, 5.41) is 3.06. The van der Waals surface area contributed by atoms with Crippen molar-refractivity contribution in [1.82, 2.24) is 29.3 Å². The van der Waals surface area contributed by atoms with E-state index in [1.807, 2.05) is 68.4 Å². The second-order valence-electron chi connectivity index (χ2n) is 12.0. The molecular formula is C36H33BrN6O4. The number of aromatic nitrogens is 4. The molecule has 5 aromatic rings. The summed E-state index contributed by atoms with van der Waals surface area (Å²) in [5.74, 6) is 0.134. The van der Waals surface area contributed by atoms with Crippen LogP contribution in [0.25, 0.3) is 16.9 Å². The van der Waals surface area contributed by atoms with Gasteiger partial charge in [0.15, 0.2) is 0 Å². The minimum atomic E-state index is -0.423. The summed E-state index contributed by atoms with van der Waals surface area (Å²) < 4.78 is 9.92. The molecule has 2 aromatic heterocycles. The van der Waals surface area contributed by atoms with Gasteiger partial charge in [0.1, 0.15) is 17.8 Å². The third-order valence-electron chi connectivity index (χ3n) is 8.66. The van der Waals surface area contributed by atoms with Gasteiger partial charge in [-0.1, -0.05) is 40.2 Å². The predicted molar refractivity (Wildman–Crippen MR) is 181 cm³/mol. The van der Waals surface area contributed by atoms with Crippen LogP contribution in [0.2, 0.25) is 0 Å². The minimum Gasteiger partial charge on any atom is -0.490 e. The van der Waals surface area contributed by atoms with E-state index in [1.54, 1.807) is 33.9 Å². The summed E-state index contributed by atoms with van der Waals surface area (Å²) in [6.45, 7) is 4.40. The van der Waals surface area contributed by atoms with Gasteiger partial charge >= 0.3 is 5.69 Å². The van der Waals surface area contributed by atoms with Crippen LogP contribution >= 0.6 is 15.9 Å². The lowest BCUT2D eigenvalue weighted by atomic mass is 10.0. The van der Waals surface area contributed by atoms with Gasteiger partial charge in [0.2, 0.25) is 0 Å². The molecule has 3 heterocycles. The van der Waals surface area contributed by atoms with Crippen LogP contribution < -0.4 is 15.7 Å². The number of hydrogen-bond acceptors (Lipinski definition) is 6. The number of hydrogen-bond donors (Lipinski definition) is 1. The maximum atomic E-state index is 14.2. The standard InChI is InChI=1S/C36H33BrN6O4/c1-22-17-24(7-14-30(22)37)35(45)41-20-32-33(34(44)39-18-25-5-3-4-6-29(25)31-15-16-38-21-40-31)43(36(46)42(32)19-23(41)2)26-8-10-27(11-9-26)47-28-12-13-28/h3-11,14-17,21,23,28H,12-13,18-20H2,1-2H3,(H,39,44)/t23-/m1/s1. The first-order chi connectivity index (χ1) is 22.8. The van der Waals surface area contributed by atoms with E-state index in [9.17, 15) is 14.4 Å². The van der Waals surface area contributed by atoms with Gasteiger partial charge in [-0.2, -0.15) is 0 Å². The third-order valence-corrected chi connectivity index (χ3v) is 9.55. The van der Waals surface area contributed by atoms with Crippen molar-refractivity contribution >= 4 is 27.7 Å². The number of carbonyl (C=O) groups is 2. The Labute approximate surface area is 280 Å². The number of nitrogens with zero attached hydrogens (tertiary/aromatic N) is 5. The summed E-state index contributed by atoms with van der Waals surface area (Å²) in [7, 11) is 0. The number of ether oxygens (including phenoxy) is 1. The smallest absolute Gasteiger partial charge is 0.333 e. The SMILES string of the molecule is Cc1cc(C(=O)N2Cc3c(C(=O)NCc4ccccc4-c4ccncn4)n(-c4ccc(OC5CC5)cc4)c(=O)n3C[C@H]2C)ccc1Br. The van der Waals surface area contributed by atoms with Crippen molar-refractivity contribution in [2.75, 3.05) is 0 Å². The van der Waals surface area contributed by atoms with Crippen molar-refractivity contribution in [3.8, 4) is 22.7 Å². The van der Waals surface area contributed by atoms with Gasteiger partial charge in [-0.15, -0.1) is 0 Å². The molecule has 0 radical (unpaired) electrons. The zero-order chi connectivity index (χ0) is 32.7. The van der Waals surface area contributed by atoms with Crippen LogP contribution in [0, 0.1) is 6.92 Å². The molecule has 1 aliphatic heterocycles. The van der Waals surface area contributed by atoms with Crippen molar-refractivity contribution in [2.45, 2.75) is 58.5 Å². The molecule has 0 spiro atoms. The van der Waals surface area contributed by atoms with Crippen LogP contribution in [0.4, 0.5) is 0 Å². The molecule has 2 aliphatic rings. The lowest BCUT2D eigenvalue weighted by Gasteiger charge is -2.34. The first kappa shape index (κ1) is 30.6. The van der Waals surface area contributed by atoms with E-state index in [1.165, 1.54) is 10.9 Å². The Balaban J connectivity index is 1.26. The van der Waals surface area contributed by atoms with Crippen LogP contribution in [0.15, 0.2) is 94.6 Å². The summed E-state index contributed by atoms with van der Waals surface area (Å²) in [4.78, 5) is 52.3. The minimum absolute atomic E-state index is 0.0977. The van der Waals surface area contributed by atoms with Crippen LogP contribution in [-0.2, 0) is 19.6 Å². The monoisotopic (exact) mass is 692 g/mol. The van der Waals surface area contributed by atoms with Crippen molar-refractivity contribution in [3.05, 3.63) is 128 Å². The fourth-order valence-corrected chi connectivity index (χ4v) is 6.24. The first-order valence-electron chi connectivity index (χ1n) is 15.6. The number of benzene rings is 3. The molecule has 238 valence electrons. The van der Waals surface area contributed by atoms with E-state index < -0.39 is 5.91 Å². The van der Waals surface area contributed by atoms with Crippen molar-refractivity contribution < 1.29 is 14.3 Å². The summed E-state index contributed by atoms with van der Waals surface area (Å²) in [6, 6.07) is 22.0. The maximum absolute atomic E-state index is 14.2. The van der Waals surface area contributed by atoms with Gasteiger partial charge in [-0.05, 0) is 86.3 Å². The molecule has 1 saturated carbocycles. The van der Waals surface area contributed by atoms with Crippen molar-refractivity contribution in [2.24, 2.45) is 0 Å². The molecule has 2 amide bonds. The van der Waals surface area contributed by atoms with Gasteiger partial charge in [-0.25, -0.2) is 14.8 Å². The van der Waals surface area contributed by atoms with E-state index >= 15 is 0 Å². The molecular weight excluding hydrogens is 660 g/mol. The molecule has 1 N–H and O–H groups in total. The number of rotatable bonds is 8. The zero-order valence-corrected chi connectivity index (χ0v) is 27.6. The number of fused-ring (bicyclic) bond motifs is 1. The molecule has 0 saturated heterocycles. The highest BCUT2D eigenvalue weighted by Crippen LogP contribution is 2.29. The summed E-state index contributed by atoms with van der Waals surface area (Å²) >= 11 is 3.51. The largest absolute Gasteiger partial charge is 0.490 e. The third kappa shape index (κ3) is 6.10. The Morgan fingerprint density at radius 1 is 1.04 bits per heavy atom. The van der Waals surface area contributed by atoms with E-state index in [2.05, 4.69) is 31.2 Å². The summed E-state index contributed by atoms with van der Waals surface area (Å²) in [6.07, 6.45) is 5.46. The molecule has 11 heteroatoms. The Hall–Kier alpha value is -5.03. The number of carbonyl (C=O) groups excluding carboxylic acids is 2. The molecule has 0 bridgehead atoms. The molecule has 3 aromatic carbocycles. The Morgan fingerprint density at radius 2 is 1.83 bits per heavy atom. The van der Waals surface area contributed by atoms with E-state index in [-0.39, 0.29) is 49.1 Å². The highest BCUT2D eigenvalue weighted by molar-refractivity contribution is 9.10. The Bertz CT molecular complexity index is 2040. The normalized spacial score (nSPS) is 15.6. The Morgan fingerprint density at radius 3 is 2.55 bits per heavy atom. The predicted octanol–water partition coefficient (Wildman–Crippen LogP) is 5.68. The van der Waals surface area contributed by atoms with Crippen LogP contribution in [0.1, 0.15) is 57.4 Å². The van der Waals surface area contributed by atoms with Crippen LogP contribution in [0.5, 0.6) is 5.75 Å². The second kappa shape index (κ2) is 12.6. The number of aryl methyl sites for hydroxylation is 1. The maximum Gasteiger partial charge on any atom is 0.333 e. The fourth-order valence-electron chi connectivity index (χ4n) is 5.99. The van der Waals surface area contributed by atoms with Gasteiger partial charge in [0.05, 0.1) is 29.7 Å². The number of amides is 2. The van der Waals surface area contributed by atoms with Crippen LogP contribution in [-0.4, -0.2) is 48.0 Å². The number of imidazole rings is 1. The highest BCUT2D eigenvalue weighted by Gasteiger charge is 2.35. The van der Waals surface area contributed by atoms with Gasteiger partial charge in [0, 0.05) is 40.9 Å². The van der Waals surface area contributed by atoms with E-state index in [4.69, 9.17) is 4.74 Å². The van der Waals surface area contributed by atoms with Gasteiger partial charge < -0.3 is 15.0 Å². The lowest BCUT2D eigenvalue weighted by Crippen LogP contribution is -2.47. The fraction of sp³-hybridized carbons (Fsp3) is 0.250. The summed E-state index contributed by atoms with van der Waals surface area (Å²) in [5.41, 5.74) is 4.85. The van der Waals surface area contributed by atoms with E-state index in [0.717, 1.165) is 45.4 Å². The molecule has 7 rings (SSSR count). The van der Waals surface area contributed by atoms with Crippen molar-refractivity contribution in [1.29, 1.82) is 0 Å². The van der Waals surface area contributed by atoms with Gasteiger partial charge in [0.25, 0.3) is 11.8 Å². The van der Waals surface area contributed by atoms with Gasteiger partial charge in [-0.3, -0.25) is 18.7 Å². The average Bonchev–Trinajstić information content (AvgIpc) is 3.87.